The molecule has 3 aromatic rings. The molecule has 0 saturated carbocycles. The third-order valence-corrected chi connectivity index (χ3v) is 9.44. The van der Waals surface area contributed by atoms with Crippen molar-refractivity contribution in [2.75, 3.05) is 20.0 Å². The van der Waals surface area contributed by atoms with Crippen molar-refractivity contribution in [3.05, 3.63) is 34.5 Å². The Morgan fingerprint density at radius 2 is 1.35 bits per heavy atom. The van der Waals surface area contributed by atoms with Gasteiger partial charge in [-0.3, -0.25) is 28.8 Å². The summed E-state index contributed by atoms with van der Waals surface area (Å²) < 4.78 is 57.5. The SMILES string of the molecule is CC(=O)OC[C@H]1OC(C)(O[C@@H]([C@H](C)[C@H](C)O)[C@@H](COC(C)=O)OCOc2c(-c3cc(O)c(O)c(O)c3)oc3cc(O)cc(O)c3c2=O)[C@H](OC(C)=O)[C@@H](OC(C)=O)[C@H]1OC(C)=O. The fourth-order valence-electron chi connectivity index (χ4n) is 6.56. The first-order valence-electron chi connectivity index (χ1n) is 18.8. The summed E-state index contributed by atoms with van der Waals surface area (Å²) in [6.07, 6.45) is -10.8. The Morgan fingerprint density at radius 1 is 0.774 bits per heavy atom. The van der Waals surface area contributed by atoms with Gasteiger partial charge in [-0.25, -0.2) is 0 Å². The van der Waals surface area contributed by atoms with Crippen LogP contribution in [0.2, 0.25) is 0 Å². The van der Waals surface area contributed by atoms with Crippen LogP contribution in [0.15, 0.2) is 33.5 Å². The number of hydrogen-bond donors (Lipinski definition) is 6. The summed E-state index contributed by atoms with van der Waals surface area (Å²) in [6.45, 7) is 7.08. The van der Waals surface area contributed by atoms with E-state index in [1.807, 2.05) is 0 Å². The maximum atomic E-state index is 13.9. The molecule has 62 heavy (non-hydrogen) atoms. The van der Waals surface area contributed by atoms with E-state index in [1.165, 1.54) is 20.8 Å². The maximum absolute atomic E-state index is 13.9. The highest BCUT2D eigenvalue weighted by molar-refractivity contribution is 5.88. The Hall–Kier alpha value is -6.36. The number of fused-ring (bicyclic) bond motifs is 1. The lowest BCUT2D eigenvalue weighted by atomic mass is 9.90. The van der Waals surface area contributed by atoms with Gasteiger partial charge in [0, 0.05) is 58.2 Å². The number of aromatic hydroxyl groups is 5. The van der Waals surface area contributed by atoms with E-state index >= 15 is 0 Å². The van der Waals surface area contributed by atoms with E-state index in [0.717, 1.165) is 58.9 Å². The predicted molar refractivity (Wildman–Crippen MR) is 206 cm³/mol. The normalized spacial score (nSPS) is 21.8. The highest BCUT2D eigenvalue weighted by Gasteiger charge is 2.60. The molecule has 340 valence electrons. The van der Waals surface area contributed by atoms with Crippen molar-refractivity contribution in [2.45, 2.75) is 104 Å². The number of aliphatic hydroxyl groups is 1. The van der Waals surface area contributed by atoms with Gasteiger partial charge in [0.05, 0.1) is 12.2 Å². The van der Waals surface area contributed by atoms with E-state index in [0.29, 0.717) is 0 Å². The number of phenols is 5. The molecule has 4 rings (SSSR count). The van der Waals surface area contributed by atoms with Crippen molar-refractivity contribution in [3.8, 4) is 45.8 Å². The standard InChI is InChI=1S/C40H48O22/c1-16(17(2)41)34(62-40(8)39(59-22(7)46)38(58-21(6)45)36(57-20(5)44)30(61-40)14-54-19(4)43)29(13-53-18(3)42)55-15-56-37-33(52)31-25(48)11-24(47)12-28(31)60-35(37)23-9-26(49)32(51)27(50)10-23/h9-12,16-17,29-30,34,36,38-39,41,47-51H,13-15H2,1-8H3/t16-,17+,29-,30-,34+,36+,38+,39-,40?/m1/s1. The molecule has 9 atom stereocenters. The highest BCUT2D eigenvalue weighted by Crippen LogP contribution is 2.43. The summed E-state index contributed by atoms with van der Waals surface area (Å²) in [5.74, 6) is -12.7. The molecule has 2 aromatic carbocycles. The van der Waals surface area contributed by atoms with E-state index in [1.54, 1.807) is 0 Å². The van der Waals surface area contributed by atoms with Crippen molar-refractivity contribution in [2.24, 2.45) is 5.92 Å². The molecule has 1 aliphatic heterocycles. The second-order valence-electron chi connectivity index (χ2n) is 14.4. The van der Waals surface area contributed by atoms with E-state index in [4.69, 9.17) is 47.0 Å². The van der Waals surface area contributed by atoms with Crippen LogP contribution in [0.25, 0.3) is 22.3 Å². The zero-order valence-electron chi connectivity index (χ0n) is 34.8. The van der Waals surface area contributed by atoms with Crippen molar-refractivity contribution >= 4 is 40.8 Å². The van der Waals surface area contributed by atoms with Gasteiger partial charge in [0.2, 0.25) is 17.0 Å². The summed E-state index contributed by atoms with van der Waals surface area (Å²) >= 11 is 0. The molecule has 0 bridgehead atoms. The van der Waals surface area contributed by atoms with Crippen molar-refractivity contribution in [1.29, 1.82) is 0 Å². The molecule has 22 nitrogen and oxygen atoms in total. The third kappa shape index (κ3) is 11.5. The topological polar surface area (TPSA) is 320 Å². The number of rotatable bonds is 17. The number of ether oxygens (including phenoxy) is 9. The molecule has 1 unspecified atom stereocenters. The van der Waals surface area contributed by atoms with Crippen LogP contribution in [0.1, 0.15) is 55.4 Å². The van der Waals surface area contributed by atoms with Crippen LogP contribution in [-0.4, -0.2) is 129 Å². The lowest BCUT2D eigenvalue weighted by molar-refractivity contribution is -0.379. The largest absolute Gasteiger partial charge is 0.508 e. The lowest BCUT2D eigenvalue weighted by Gasteiger charge is -2.51. The minimum absolute atomic E-state index is 0.244. The van der Waals surface area contributed by atoms with Crippen LogP contribution in [-0.2, 0) is 61.9 Å². The van der Waals surface area contributed by atoms with Crippen LogP contribution < -0.4 is 10.2 Å². The van der Waals surface area contributed by atoms with E-state index in [-0.39, 0.29) is 11.1 Å². The summed E-state index contributed by atoms with van der Waals surface area (Å²) in [7, 11) is 0. The van der Waals surface area contributed by atoms with Gasteiger partial charge >= 0.3 is 29.8 Å². The molecule has 1 fully saturated rings. The van der Waals surface area contributed by atoms with E-state index in [2.05, 4.69) is 0 Å². The molecular weight excluding hydrogens is 832 g/mol. The minimum Gasteiger partial charge on any atom is -0.508 e. The molecule has 1 aromatic heterocycles. The fourth-order valence-corrected chi connectivity index (χ4v) is 6.56. The van der Waals surface area contributed by atoms with Gasteiger partial charge < -0.3 is 77.7 Å². The molecule has 0 radical (unpaired) electrons. The Kier molecular flexibility index (Phi) is 15.6. The maximum Gasteiger partial charge on any atom is 0.303 e. The number of phenolic OH excluding ortho intramolecular Hbond substituents is 5. The smallest absolute Gasteiger partial charge is 0.303 e. The summed E-state index contributed by atoms with van der Waals surface area (Å²) in [4.78, 5) is 75.4. The number of aliphatic hydroxyl groups excluding tert-OH is 1. The van der Waals surface area contributed by atoms with Crippen molar-refractivity contribution < 1.29 is 102 Å². The van der Waals surface area contributed by atoms with Gasteiger partial charge in [0.25, 0.3) is 0 Å². The molecule has 0 spiro atoms. The number of carbonyl (C=O) groups excluding carboxylic acids is 5. The van der Waals surface area contributed by atoms with Crippen LogP contribution in [0.3, 0.4) is 0 Å². The van der Waals surface area contributed by atoms with Gasteiger partial charge in [-0.1, -0.05) is 6.92 Å². The van der Waals surface area contributed by atoms with Crippen LogP contribution in [0.4, 0.5) is 0 Å². The van der Waals surface area contributed by atoms with Crippen molar-refractivity contribution in [1.82, 2.24) is 0 Å². The highest BCUT2D eigenvalue weighted by atomic mass is 16.8. The van der Waals surface area contributed by atoms with Gasteiger partial charge in [0.1, 0.15) is 47.9 Å². The summed E-state index contributed by atoms with van der Waals surface area (Å²) in [5, 5.41) is 61.6. The Balaban J connectivity index is 1.84. The first-order valence-corrected chi connectivity index (χ1v) is 18.8. The average molecular weight is 881 g/mol. The quantitative estimate of drug-likeness (QED) is 0.0489. The van der Waals surface area contributed by atoms with Gasteiger partial charge in [0.15, 0.2) is 48.1 Å². The summed E-state index contributed by atoms with van der Waals surface area (Å²) in [6, 6.07) is 3.65. The van der Waals surface area contributed by atoms with E-state index in [9.17, 15) is 59.4 Å². The van der Waals surface area contributed by atoms with Crippen molar-refractivity contribution in [3.63, 3.8) is 0 Å². The number of hydrogen-bond acceptors (Lipinski definition) is 22. The Morgan fingerprint density at radius 3 is 1.90 bits per heavy atom. The molecular formula is C40H48O22. The summed E-state index contributed by atoms with van der Waals surface area (Å²) in [5.41, 5.74) is -1.67. The third-order valence-electron chi connectivity index (χ3n) is 9.44. The van der Waals surface area contributed by atoms with Crippen LogP contribution in [0.5, 0.6) is 34.5 Å². The number of esters is 5. The average Bonchev–Trinajstić information content (AvgIpc) is 3.15. The van der Waals surface area contributed by atoms with Crippen LogP contribution in [0, 0.1) is 5.92 Å². The van der Waals surface area contributed by atoms with Gasteiger partial charge in [-0.05, 0) is 26.0 Å². The molecule has 1 saturated heterocycles. The van der Waals surface area contributed by atoms with Gasteiger partial charge in [-0.15, -0.1) is 0 Å². The zero-order chi connectivity index (χ0) is 46.4. The first kappa shape index (κ1) is 48.3. The molecule has 0 aliphatic carbocycles. The predicted octanol–water partition coefficient (Wildman–Crippen LogP) is 2.15. The fraction of sp³-hybridized carbons (Fsp3) is 0.500. The molecule has 6 N–H and O–H groups in total. The monoisotopic (exact) mass is 880 g/mol. The second-order valence-corrected chi connectivity index (χ2v) is 14.4. The first-order chi connectivity index (χ1) is 28.9. The second kappa shape index (κ2) is 20.0. The molecule has 1 aliphatic rings. The molecule has 22 heteroatoms. The number of benzene rings is 2. The Labute approximate surface area is 352 Å². The molecule has 2 heterocycles. The lowest BCUT2D eigenvalue weighted by Crippen LogP contribution is -2.69. The van der Waals surface area contributed by atoms with Gasteiger partial charge in [-0.2, -0.15) is 0 Å². The van der Waals surface area contributed by atoms with Crippen LogP contribution >= 0.6 is 0 Å². The van der Waals surface area contributed by atoms with E-state index < -0.39 is 155 Å². The zero-order valence-corrected chi connectivity index (χ0v) is 34.8. The minimum atomic E-state index is -2.28. The molecule has 0 amide bonds. The Bertz CT molecular complexity index is 2190. The number of carbonyl (C=O) groups is 5.